The Balaban J connectivity index is 1.99. The van der Waals surface area contributed by atoms with Crippen LogP contribution in [0.3, 0.4) is 0 Å². The smallest absolute Gasteiger partial charge is 0.173 e. The fourth-order valence-electron chi connectivity index (χ4n) is 1.83. The highest BCUT2D eigenvalue weighted by molar-refractivity contribution is 7.99. The van der Waals surface area contributed by atoms with Crippen LogP contribution < -0.4 is 0 Å². The number of pyridine rings is 1. The number of nitrogens with zero attached hydrogens (tertiary/aromatic N) is 2. The second-order valence-electron chi connectivity index (χ2n) is 4.98. The van der Waals surface area contributed by atoms with Crippen molar-refractivity contribution < 1.29 is 4.79 Å². The molecule has 0 aliphatic rings. The second-order valence-corrected chi connectivity index (χ2v) is 5.98. The molecule has 21 heavy (non-hydrogen) atoms. The molecule has 0 aliphatic carbocycles. The van der Waals surface area contributed by atoms with Gasteiger partial charge in [-0.3, -0.25) is 4.79 Å². The highest BCUT2D eigenvalue weighted by Gasteiger charge is 2.08. The van der Waals surface area contributed by atoms with Crippen molar-refractivity contribution >= 4 is 17.5 Å². The third-order valence-corrected chi connectivity index (χ3v) is 4.04. The molecule has 0 saturated carbocycles. The zero-order valence-corrected chi connectivity index (χ0v) is 12.9. The molecule has 0 saturated heterocycles. The monoisotopic (exact) mass is 296 g/mol. The molecule has 0 unspecified atom stereocenters. The summed E-state index contributed by atoms with van der Waals surface area (Å²) >= 11 is 1.35. The number of carbonyl (C=O) groups excluding carboxylic acids is 1. The molecule has 0 radical (unpaired) electrons. The van der Waals surface area contributed by atoms with E-state index in [1.54, 1.807) is 18.3 Å². The van der Waals surface area contributed by atoms with Crippen molar-refractivity contribution in [3.05, 3.63) is 59.3 Å². The summed E-state index contributed by atoms with van der Waals surface area (Å²) in [6.07, 6.45) is 1.59. The van der Waals surface area contributed by atoms with Gasteiger partial charge in [0.15, 0.2) is 5.78 Å². The molecule has 0 fully saturated rings. The maximum absolute atomic E-state index is 12.1. The van der Waals surface area contributed by atoms with Crippen molar-refractivity contribution in [2.24, 2.45) is 0 Å². The summed E-state index contributed by atoms with van der Waals surface area (Å²) in [6, 6.07) is 13.1. The van der Waals surface area contributed by atoms with E-state index >= 15 is 0 Å². The first kappa shape index (κ1) is 15.3. The Bertz CT molecular complexity index is 672. The van der Waals surface area contributed by atoms with Crippen LogP contribution in [-0.4, -0.2) is 16.5 Å². The maximum atomic E-state index is 12.1. The van der Waals surface area contributed by atoms with Crippen molar-refractivity contribution in [2.75, 3.05) is 5.75 Å². The Morgan fingerprint density at radius 3 is 2.62 bits per heavy atom. The lowest BCUT2D eigenvalue weighted by molar-refractivity contribution is 0.102. The second kappa shape index (κ2) is 7.05. The van der Waals surface area contributed by atoms with E-state index in [1.807, 2.05) is 24.3 Å². The normalized spacial score (nSPS) is 10.4. The zero-order chi connectivity index (χ0) is 15.2. The van der Waals surface area contributed by atoms with Gasteiger partial charge < -0.3 is 0 Å². The third-order valence-electron chi connectivity index (χ3n) is 3.11. The van der Waals surface area contributed by atoms with Gasteiger partial charge in [-0.1, -0.05) is 49.9 Å². The summed E-state index contributed by atoms with van der Waals surface area (Å²) in [5.74, 6) is 0.851. The molecule has 2 aromatic rings. The molecule has 0 aliphatic heterocycles. The van der Waals surface area contributed by atoms with E-state index in [-0.39, 0.29) is 5.78 Å². The minimum atomic E-state index is 0.0690. The Morgan fingerprint density at radius 1 is 1.29 bits per heavy atom. The molecule has 0 atom stereocenters. The van der Waals surface area contributed by atoms with E-state index in [2.05, 4.69) is 24.9 Å². The van der Waals surface area contributed by atoms with Crippen LogP contribution in [0.25, 0.3) is 0 Å². The topological polar surface area (TPSA) is 53.8 Å². The van der Waals surface area contributed by atoms with Gasteiger partial charge in [-0.05, 0) is 23.6 Å². The van der Waals surface area contributed by atoms with Crippen LogP contribution in [0.15, 0.2) is 47.6 Å². The molecule has 4 heteroatoms. The quantitative estimate of drug-likeness (QED) is 0.617. The summed E-state index contributed by atoms with van der Waals surface area (Å²) in [6.45, 7) is 4.25. The minimum Gasteiger partial charge on any atom is -0.293 e. The van der Waals surface area contributed by atoms with E-state index in [1.165, 1.54) is 17.3 Å². The molecular weight excluding hydrogens is 280 g/mol. The number of aromatic nitrogens is 1. The molecule has 3 nitrogen and oxygen atoms in total. The van der Waals surface area contributed by atoms with E-state index < -0.39 is 0 Å². The lowest BCUT2D eigenvalue weighted by Crippen LogP contribution is -2.03. The summed E-state index contributed by atoms with van der Waals surface area (Å²) in [4.78, 5) is 16.3. The highest BCUT2D eigenvalue weighted by Crippen LogP contribution is 2.19. The summed E-state index contributed by atoms with van der Waals surface area (Å²) < 4.78 is 0. The summed E-state index contributed by atoms with van der Waals surface area (Å²) in [7, 11) is 0. The van der Waals surface area contributed by atoms with Gasteiger partial charge >= 0.3 is 0 Å². The standard InChI is InChI=1S/C17H16N2OS/c1-12(2)14-3-5-15(6-4-14)16(20)11-21-17-9-13(10-18)7-8-19-17/h3-9,12H,11H2,1-2H3. The summed E-state index contributed by atoms with van der Waals surface area (Å²) in [5, 5.41) is 9.53. The molecule has 2 rings (SSSR count). The van der Waals surface area contributed by atoms with Gasteiger partial charge in [-0.25, -0.2) is 4.98 Å². The number of thioether (sulfide) groups is 1. The van der Waals surface area contributed by atoms with Crippen LogP contribution in [0.5, 0.6) is 0 Å². The Kier molecular flexibility index (Phi) is 5.13. The van der Waals surface area contributed by atoms with Gasteiger partial charge in [0.2, 0.25) is 0 Å². The van der Waals surface area contributed by atoms with Crippen LogP contribution in [0.2, 0.25) is 0 Å². The van der Waals surface area contributed by atoms with Crippen LogP contribution >= 0.6 is 11.8 Å². The van der Waals surface area contributed by atoms with E-state index in [9.17, 15) is 4.79 Å². The van der Waals surface area contributed by atoms with Gasteiger partial charge in [-0.2, -0.15) is 5.26 Å². The first-order valence-electron chi connectivity index (χ1n) is 6.72. The van der Waals surface area contributed by atoms with Crippen LogP contribution in [-0.2, 0) is 0 Å². The Hall–Kier alpha value is -2.12. The molecule has 0 N–H and O–H groups in total. The fourth-order valence-corrected chi connectivity index (χ4v) is 2.63. The number of benzene rings is 1. The van der Waals surface area contributed by atoms with Crippen LogP contribution in [0, 0.1) is 11.3 Å². The first-order chi connectivity index (χ1) is 10.1. The molecular formula is C17H16N2OS. The molecule has 1 aromatic heterocycles. The predicted octanol–water partition coefficient (Wildman–Crippen LogP) is 4.05. The number of Topliss-reactive ketones (excluding diaryl/α,β-unsaturated/α-hetero) is 1. The van der Waals surface area contributed by atoms with Crippen LogP contribution in [0.1, 0.15) is 41.3 Å². The fraction of sp³-hybridized carbons (Fsp3) is 0.235. The van der Waals surface area contributed by atoms with Gasteiger partial charge in [0.05, 0.1) is 22.4 Å². The number of ketones is 1. The Morgan fingerprint density at radius 2 is 2.00 bits per heavy atom. The van der Waals surface area contributed by atoms with Crippen molar-refractivity contribution in [3.8, 4) is 6.07 Å². The first-order valence-corrected chi connectivity index (χ1v) is 7.71. The van der Waals surface area contributed by atoms with Crippen molar-refractivity contribution in [2.45, 2.75) is 24.8 Å². The molecule has 1 heterocycles. The minimum absolute atomic E-state index is 0.0690. The summed E-state index contributed by atoms with van der Waals surface area (Å²) in [5.41, 5.74) is 2.49. The van der Waals surface area contributed by atoms with Crippen molar-refractivity contribution in [1.82, 2.24) is 4.98 Å². The van der Waals surface area contributed by atoms with Crippen molar-refractivity contribution in [1.29, 1.82) is 5.26 Å². The lowest BCUT2D eigenvalue weighted by Gasteiger charge is -2.06. The van der Waals surface area contributed by atoms with Crippen molar-refractivity contribution in [3.63, 3.8) is 0 Å². The predicted molar refractivity (Wildman–Crippen MR) is 84.5 cm³/mol. The number of nitriles is 1. The highest BCUT2D eigenvalue weighted by atomic mass is 32.2. The largest absolute Gasteiger partial charge is 0.293 e. The lowest BCUT2D eigenvalue weighted by atomic mass is 10.0. The van der Waals surface area contributed by atoms with Gasteiger partial charge in [-0.15, -0.1) is 0 Å². The number of rotatable bonds is 5. The maximum Gasteiger partial charge on any atom is 0.173 e. The van der Waals surface area contributed by atoms with E-state index in [0.717, 1.165) is 0 Å². The average Bonchev–Trinajstić information content (AvgIpc) is 2.53. The van der Waals surface area contributed by atoms with E-state index in [4.69, 9.17) is 5.26 Å². The molecule has 0 bridgehead atoms. The molecule has 1 aromatic carbocycles. The van der Waals surface area contributed by atoms with Gasteiger partial charge in [0.25, 0.3) is 0 Å². The van der Waals surface area contributed by atoms with Gasteiger partial charge in [0.1, 0.15) is 0 Å². The van der Waals surface area contributed by atoms with Gasteiger partial charge in [0, 0.05) is 11.8 Å². The van der Waals surface area contributed by atoms with Crippen LogP contribution in [0.4, 0.5) is 0 Å². The molecule has 106 valence electrons. The number of carbonyl (C=O) groups is 1. The number of hydrogen-bond donors (Lipinski definition) is 0. The molecule has 0 spiro atoms. The average molecular weight is 296 g/mol. The Labute approximate surface area is 129 Å². The zero-order valence-electron chi connectivity index (χ0n) is 12.0. The molecule has 0 amide bonds. The van der Waals surface area contributed by atoms with E-state index in [0.29, 0.717) is 27.8 Å². The SMILES string of the molecule is CC(C)c1ccc(C(=O)CSc2cc(C#N)ccn2)cc1. The third kappa shape index (κ3) is 4.17. The number of hydrogen-bond acceptors (Lipinski definition) is 4.